The Morgan fingerprint density at radius 3 is 2.40 bits per heavy atom. The molecule has 3 rings (SSSR count). The summed E-state index contributed by atoms with van der Waals surface area (Å²) < 4.78 is 27.4. The second-order valence-corrected chi connectivity index (χ2v) is 9.46. The highest BCUT2D eigenvalue weighted by Gasteiger charge is 2.29. The van der Waals surface area contributed by atoms with Crippen LogP contribution in [0.1, 0.15) is 61.4 Å². The van der Waals surface area contributed by atoms with E-state index in [0.717, 1.165) is 44.1 Å². The van der Waals surface area contributed by atoms with Gasteiger partial charge in [-0.3, -0.25) is 4.79 Å². The van der Waals surface area contributed by atoms with E-state index >= 15 is 0 Å². The summed E-state index contributed by atoms with van der Waals surface area (Å²) >= 11 is 0. The van der Waals surface area contributed by atoms with Crippen molar-refractivity contribution in [3.05, 3.63) is 29.3 Å². The maximum atomic E-state index is 12.9. The Morgan fingerprint density at radius 1 is 1.12 bits per heavy atom. The molecule has 1 saturated carbocycles. The Bertz CT molecular complexity index is 731. The first-order chi connectivity index (χ1) is 11.9. The van der Waals surface area contributed by atoms with Crippen molar-refractivity contribution < 1.29 is 13.2 Å². The first kappa shape index (κ1) is 18.4. The lowest BCUT2D eigenvalue weighted by molar-refractivity contribution is 0.0937. The quantitative estimate of drug-likeness (QED) is 0.893. The van der Waals surface area contributed by atoms with Crippen LogP contribution in [0, 0.1) is 12.8 Å². The van der Waals surface area contributed by atoms with Gasteiger partial charge < -0.3 is 5.32 Å². The van der Waals surface area contributed by atoms with Crippen molar-refractivity contribution in [2.45, 2.75) is 63.3 Å². The van der Waals surface area contributed by atoms with E-state index in [1.54, 1.807) is 22.5 Å². The van der Waals surface area contributed by atoms with Gasteiger partial charge in [-0.15, -0.1) is 0 Å². The first-order valence-electron chi connectivity index (χ1n) is 9.29. The van der Waals surface area contributed by atoms with Gasteiger partial charge in [-0.25, -0.2) is 8.42 Å². The van der Waals surface area contributed by atoms with Crippen molar-refractivity contribution in [3.8, 4) is 0 Å². The van der Waals surface area contributed by atoms with E-state index in [1.807, 2.05) is 6.92 Å². The van der Waals surface area contributed by atoms with Crippen LogP contribution in [0.15, 0.2) is 23.1 Å². The van der Waals surface area contributed by atoms with Crippen LogP contribution in [-0.2, 0) is 10.0 Å². The number of benzene rings is 1. The third-order valence-electron chi connectivity index (χ3n) is 5.52. The SMILES string of the molecule is Cc1ccc(S(=O)(=O)N2CCC(C)CC2)cc1C(=O)NC1CCCC1. The second kappa shape index (κ2) is 7.46. The van der Waals surface area contributed by atoms with E-state index in [-0.39, 0.29) is 16.8 Å². The zero-order chi connectivity index (χ0) is 18.0. The van der Waals surface area contributed by atoms with Crippen molar-refractivity contribution in [1.82, 2.24) is 9.62 Å². The van der Waals surface area contributed by atoms with Crippen molar-refractivity contribution in [1.29, 1.82) is 0 Å². The van der Waals surface area contributed by atoms with Gasteiger partial charge in [0.1, 0.15) is 0 Å². The number of rotatable bonds is 4. The monoisotopic (exact) mass is 364 g/mol. The van der Waals surface area contributed by atoms with Gasteiger partial charge in [-0.05, 0) is 56.2 Å². The van der Waals surface area contributed by atoms with Crippen LogP contribution in [0.2, 0.25) is 0 Å². The minimum atomic E-state index is -3.53. The molecule has 6 heteroatoms. The standard InChI is InChI=1S/C19H28N2O3S/c1-14-9-11-21(12-10-14)25(23,24)17-8-7-15(2)18(13-17)19(22)20-16-5-3-4-6-16/h7-8,13-14,16H,3-6,9-12H2,1-2H3,(H,20,22). The highest BCUT2D eigenvalue weighted by atomic mass is 32.2. The van der Waals surface area contributed by atoms with Gasteiger partial charge in [0.2, 0.25) is 10.0 Å². The highest BCUT2D eigenvalue weighted by Crippen LogP contribution is 2.25. The lowest BCUT2D eigenvalue weighted by Gasteiger charge is -2.29. The first-order valence-corrected chi connectivity index (χ1v) is 10.7. The van der Waals surface area contributed by atoms with E-state index in [4.69, 9.17) is 0 Å². The molecule has 25 heavy (non-hydrogen) atoms. The maximum absolute atomic E-state index is 12.9. The smallest absolute Gasteiger partial charge is 0.251 e. The van der Waals surface area contributed by atoms with Crippen LogP contribution in [0.3, 0.4) is 0 Å². The van der Waals surface area contributed by atoms with E-state index in [9.17, 15) is 13.2 Å². The minimum Gasteiger partial charge on any atom is -0.349 e. The second-order valence-electron chi connectivity index (χ2n) is 7.52. The number of carbonyl (C=O) groups is 1. The van der Waals surface area contributed by atoms with Crippen LogP contribution in [0.25, 0.3) is 0 Å². The third-order valence-corrected chi connectivity index (χ3v) is 7.42. The van der Waals surface area contributed by atoms with Gasteiger partial charge in [0.25, 0.3) is 5.91 Å². The number of nitrogens with one attached hydrogen (secondary N) is 1. The molecule has 1 saturated heterocycles. The zero-order valence-electron chi connectivity index (χ0n) is 15.1. The molecule has 2 aliphatic rings. The van der Waals surface area contributed by atoms with Gasteiger partial charge in [0.15, 0.2) is 0 Å². The third kappa shape index (κ3) is 4.06. The van der Waals surface area contributed by atoms with E-state index < -0.39 is 10.0 Å². The summed E-state index contributed by atoms with van der Waals surface area (Å²) in [5, 5.41) is 3.05. The van der Waals surface area contributed by atoms with Crippen LogP contribution in [0.5, 0.6) is 0 Å². The number of hydrogen-bond donors (Lipinski definition) is 1. The molecule has 1 aliphatic heterocycles. The minimum absolute atomic E-state index is 0.159. The molecule has 0 radical (unpaired) electrons. The van der Waals surface area contributed by atoms with Crippen molar-refractivity contribution in [2.75, 3.05) is 13.1 Å². The molecule has 0 spiro atoms. The predicted molar refractivity (Wildman–Crippen MR) is 98.1 cm³/mol. The number of piperidine rings is 1. The molecular formula is C19H28N2O3S. The van der Waals surface area contributed by atoms with Gasteiger partial charge in [-0.1, -0.05) is 25.8 Å². The molecule has 0 atom stereocenters. The lowest BCUT2D eigenvalue weighted by Crippen LogP contribution is -2.38. The van der Waals surface area contributed by atoms with E-state index in [0.29, 0.717) is 24.6 Å². The maximum Gasteiger partial charge on any atom is 0.251 e. The Kier molecular flexibility index (Phi) is 5.49. The van der Waals surface area contributed by atoms with Crippen LogP contribution >= 0.6 is 0 Å². The molecule has 1 amide bonds. The molecule has 0 bridgehead atoms. The Labute approximate surface area is 150 Å². The average Bonchev–Trinajstić information content (AvgIpc) is 3.08. The van der Waals surface area contributed by atoms with Crippen molar-refractivity contribution >= 4 is 15.9 Å². The number of aryl methyl sites for hydroxylation is 1. The number of carbonyl (C=O) groups excluding carboxylic acids is 1. The molecule has 1 aromatic rings. The van der Waals surface area contributed by atoms with Gasteiger partial charge in [0.05, 0.1) is 4.90 Å². The van der Waals surface area contributed by atoms with E-state index in [2.05, 4.69) is 12.2 Å². The fourth-order valence-electron chi connectivity index (χ4n) is 3.71. The fraction of sp³-hybridized carbons (Fsp3) is 0.632. The summed E-state index contributed by atoms with van der Waals surface area (Å²) in [6, 6.07) is 5.13. The summed E-state index contributed by atoms with van der Waals surface area (Å²) in [5.41, 5.74) is 1.28. The molecule has 1 aromatic carbocycles. The normalized spacial score (nSPS) is 20.7. The van der Waals surface area contributed by atoms with Crippen LogP contribution < -0.4 is 5.32 Å². The van der Waals surface area contributed by atoms with Crippen LogP contribution in [0.4, 0.5) is 0 Å². The molecule has 2 fully saturated rings. The number of nitrogens with zero attached hydrogens (tertiary/aromatic N) is 1. The zero-order valence-corrected chi connectivity index (χ0v) is 15.9. The predicted octanol–water partition coefficient (Wildman–Crippen LogP) is 3.09. The highest BCUT2D eigenvalue weighted by molar-refractivity contribution is 7.89. The molecule has 0 aromatic heterocycles. The summed E-state index contributed by atoms with van der Waals surface area (Å²) in [6.45, 7) is 5.12. The summed E-state index contributed by atoms with van der Waals surface area (Å²) in [7, 11) is -3.53. The number of sulfonamides is 1. The fourth-order valence-corrected chi connectivity index (χ4v) is 5.21. The van der Waals surface area contributed by atoms with Gasteiger partial charge in [-0.2, -0.15) is 4.31 Å². The number of hydrogen-bond acceptors (Lipinski definition) is 3. The summed E-state index contributed by atoms with van der Waals surface area (Å²) in [4.78, 5) is 12.8. The summed E-state index contributed by atoms with van der Waals surface area (Å²) in [6.07, 6.45) is 6.08. The Morgan fingerprint density at radius 2 is 1.76 bits per heavy atom. The van der Waals surface area contributed by atoms with Gasteiger partial charge >= 0.3 is 0 Å². The summed E-state index contributed by atoms with van der Waals surface area (Å²) in [5.74, 6) is 0.408. The van der Waals surface area contributed by atoms with Crippen LogP contribution in [-0.4, -0.2) is 37.8 Å². The average molecular weight is 365 g/mol. The molecule has 1 heterocycles. The molecule has 1 N–H and O–H groups in total. The van der Waals surface area contributed by atoms with Gasteiger partial charge in [0, 0.05) is 24.7 Å². The van der Waals surface area contributed by atoms with Crippen molar-refractivity contribution in [2.24, 2.45) is 5.92 Å². The Balaban J connectivity index is 1.81. The number of amides is 1. The Hall–Kier alpha value is -1.40. The van der Waals surface area contributed by atoms with Crippen molar-refractivity contribution in [3.63, 3.8) is 0 Å². The lowest BCUT2D eigenvalue weighted by atomic mass is 10.0. The molecule has 138 valence electrons. The van der Waals surface area contributed by atoms with E-state index in [1.165, 1.54) is 0 Å². The molecule has 5 nitrogen and oxygen atoms in total. The largest absolute Gasteiger partial charge is 0.349 e. The topological polar surface area (TPSA) is 66.5 Å². The molecule has 1 aliphatic carbocycles. The molecular weight excluding hydrogens is 336 g/mol. The molecule has 0 unspecified atom stereocenters.